The zero-order valence-corrected chi connectivity index (χ0v) is 15.4. The van der Waals surface area contributed by atoms with Crippen molar-refractivity contribution >= 4 is 0 Å². The first-order chi connectivity index (χ1) is 9.12. The Hall–Kier alpha value is -1.04. The van der Waals surface area contributed by atoms with Crippen molar-refractivity contribution in [1.82, 2.24) is 0 Å². The van der Waals surface area contributed by atoms with Crippen molar-refractivity contribution < 1.29 is 0 Å². The second-order valence-electron chi connectivity index (χ2n) is 6.94. The molecule has 0 aliphatic carbocycles. The summed E-state index contributed by atoms with van der Waals surface area (Å²) in [5.74, 6) is 0. The lowest BCUT2D eigenvalue weighted by Gasteiger charge is -2.34. The Morgan fingerprint density at radius 1 is 0.905 bits per heavy atom. The summed E-state index contributed by atoms with van der Waals surface area (Å²) in [4.78, 5) is 0. The smallest absolute Gasteiger partial charge is 0.00960 e. The van der Waals surface area contributed by atoms with Gasteiger partial charge in [0.1, 0.15) is 0 Å². The lowest BCUT2D eigenvalue weighted by Crippen LogP contribution is -2.25. The predicted molar refractivity (Wildman–Crippen MR) is 102 cm³/mol. The fourth-order valence-corrected chi connectivity index (χ4v) is 2.99. The topological polar surface area (TPSA) is 0 Å². The van der Waals surface area contributed by atoms with Crippen LogP contribution in [0.2, 0.25) is 0 Å². The molecule has 0 aliphatic rings. The number of aryl methyl sites for hydroxylation is 2. The second-order valence-corrected chi connectivity index (χ2v) is 6.94. The van der Waals surface area contributed by atoms with Crippen LogP contribution in [0.1, 0.15) is 79.0 Å². The SMILES string of the molecule is C.C=C.CC.Cc1ccc(C(C)(C)CC(C)(C)C)c(C)c1. The molecule has 1 rings (SSSR count). The Balaban J connectivity index is -0.000000595. The number of hydrogen-bond acceptors (Lipinski definition) is 0. The van der Waals surface area contributed by atoms with E-state index in [1.54, 1.807) is 0 Å². The van der Waals surface area contributed by atoms with Gasteiger partial charge in [-0.1, -0.05) is 79.7 Å². The van der Waals surface area contributed by atoms with Crippen LogP contribution in [0.4, 0.5) is 0 Å². The third-order valence-electron chi connectivity index (χ3n) is 3.08. The summed E-state index contributed by atoms with van der Waals surface area (Å²) in [6.07, 6.45) is 1.21. The first-order valence-electron chi connectivity index (χ1n) is 7.70. The largest absolute Gasteiger partial charge is 0.106 e. The fraction of sp³-hybridized carbons (Fsp3) is 0.619. The van der Waals surface area contributed by atoms with Gasteiger partial charge >= 0.3 is 0 Å². The van der Waals surface area contributed by atoms with Gasteiger partial charge in [0.25, 0.3) is 0 Å². The van der Waals surface area contributed by atoms with Gasteiger partial charge in [-0.05, 0) is 42.2 Å². The monoisotopic (exact) mass is 292 g/mol. The third kappa shape index (κ3) is 9.50. The maximum Gasteiger partial charge on any atom is -0.00960 e. The van der Waals surface area contributed by atoms with Gasteiger partial charge in [0.15, 0.2) is 0 Å². The highest BCUT2D eigenvalue weighted by molar-refractivity contribution is 5.35. The molecule has 124 valence electrons. The van der Waals surface area contributed by atoms with Crippen LogP contribution in [0.25, 0.3) is 0 Å². The Morgan fingerprint density at radius 2 is 1.33 bits per heavy atom. The van der Waals surface area contributed by atoms with Crippen molar-refractivity contribution in [3.05, 3.63) is 48.0 Å². The highest BCUT2D eigenvalue weighted by Gasteiger charge is 2.28. The van der Waals surface area contributed by atoms with E-state index in [2.05, 4.69) is 79.8 Å². The Morgan fingerprint density at radius 3 is 1.67 bits per heavy atom. The molecule has 0 heterocycles. The summed E-state index contributed by atoms with van der Waals surface area (Å²) < 4.78 is 0. The lowest BCUT2D eigenvalue weighted by molar-refractivity contribution is 0.283. The summed E-state index contributed by atoms with van der Waals surface area (Å²) >= 11 is 0. The molecule has 0 amide bonds. The van der Waals surface area contributed by atoms with Crippen molar-refractivity contribution in [2.24, 2.45) is 5.41 Å². The molecule has 0 atom stereocenters. The predicted octanol–water partition coefficient (Wildman–Crippen LogP) is 7.48. The maximum absolute atomic E-state index is 3.00. The summed E-state index contributed by atoms with van der Waals surface area (Å²) in [6, 6.07) is 6.82. The molecule has 0 saturated carbocycles. The minimum Gasteiger partial charge on any atom is -0.106 e. The van der Waals surface area contributed by atoms with E-state index < -0.39 is 0 Å². The minimum atomic E-state index is 0. The number of hydrogen-bond donors (Lipinski definition) is 0. The van der Waals surface area contributed by atoms with E-state index in [4.69, 9.17) is 0 Å². The van der Waals surface area contributed by atoms with Gasteiger partial charge in [0.2, 0.25) is 0 Å². The molecule has 0 aliphatic heterocycles. The van der Waals surface area contributed by atoms with Crippen LogP contribution in [-0.2, 0) is 5.41 Å². The molecule has 0 saturated heterocycles. The molecule has 0 unspecified atom stereocenters. The summed E-state index contributed by atoms with van der Waals surface area (Å²) in [5.41, 5.74) is 4.91. The van der Waals surface area contributed by atoms with Gasteiger partial charge in [-0.2, -0.15) is 0 Å². The van der Waals surface area contributed by atoms with Crippen LogP contribution in [0.15, 0.2) is 31.4 Å². The molecule has 0 nitrogen and oxygen atoms in total. The molecule has 21 heavy (non-hydrogen) atoms. The van der Waals surface area contributed by atoms with Gasteiger partial charge < -0.3 is 0 Å². The molecule has 0 radical (unpaired) electrons. The van der Waals surface area contributed by atoms with E-state index in [9.17, 15) is 0 Å². The van der Waals surface area contributed by atoms with E-state index >= 15 is 0 Å². The van der Waals surface area contributed by atoms with Crippen LogP contribution in [0, 0.1) is 19.3 Å². The number of benzene rings is 1. The van der Waals surface area contributed by atoms with Gasteiger partial charge in [-0.25, -0.2) is 0 Å². The molecule has 0 bridgehead atoms. The quantitative estimate of drug-likeness (QED) is 0.495. The zero-order chi connectivity index (χ0) is 16.6. The van der Waals surface area contributed by atoms with Crippen molar-refractivity contribution in [1.29, 1.82) is 0 Å². The van der Waals surface area contributed by atoms with Crippen molar-refractivity contribution in [3.63, 3.8) is 0 Å². The first kappa shape index (κ1) is 24.9. The van der Waals surface area contributed by atoms with Crippen molar-refractivity contribution in [2.75, 3.05) is 0 Å². The molecule has 1 aromatic carbocycles. The summed E-state index contributed by atoms with van der Waals surface area (Å²) in [7, 11) is 0. The summed E-state index contributed by atoms with van der Waals surface area (Å²) in [5, 5.41) is 0. The van der Waals surface area contributed by atoms with Gasteiger partial charge in [0.05, 0.1) is 0 Å². The minimum absolute atomic E-state index is 0. The average Bonchev–Trinajstić information content (AvgIpc) is 2.30. The van der Waals surface area contributed by atoms with Crippen LogP contribution in [-0.4, -0.2) is 0 Å². The number of rotatable bonds is 2. The zero-order valence-electron chi connectivity index (χ0n) is 15.4. The molecule has 0 N–H and O–H groups in total. The molecule has 1 aromatic rings. The maximum atomic E-state index is 3.00. The van der Waals surface area contributed by atoms with Crippen LogP contribution in [0.5, 0.6) is 0 Å². The molecule has 0 spiro atoms. The first-order valence-corrected chi connectivity index (χ1v) is 7.70. The van der Waals surface area contributed by atoms with Crippen LogP contribution in [0.3, 0.4) is 0 Å². The van der Waals surface area contributed by atoms with E-state index in [1.165, 1.54) is 23.1 Å². The standard InChI is InChI=1S/C16H26.C2H6.C2H4.CH4/c1-12-8-9-14(13(2)10-12)16(6,7)11-15(3,4)5;2*1-2;/h8-10H,11H2,1-7H3;1-2H3;1-2H2;1H4. The molecule has 0 fully saturated rings. The van der Waals surface area contributed by atoms with Gasteiger partial charge in [-0.15, -0.1) is 13.2 Å². The van der Waals surface area contributed by atoms with Crippen LogP contribution >= 0.6 is 0 Å². The second kappa shape index (κ2) is 10.7. The van der Waals surface area contributed by atoms with E-state index in [0.717, 1.165) is 0 Å². The molecule has 0 heteroatoms. The Bertz CT molecular complexity index is 378. The van der Waals surface area contributed by atoms with Crippen LogP contribution < -0.4 is 0 Å². The average molecular weight is 293 g/mol. The normalized spacial score (nSPS) is 10.3. The van der Waals surface area contributed by atoms with E-state index in [0.29, 0.717) is 5.41 Å². The Kier molecular flexibility index (Phi) is 12.7. The lowest BCUT2D eigenvalue weighted by atomic mass is 9.71. The third-order valence-corrected chi connectivity index (χ3v) is 3.08. The molecular weight excluding hydrogens is 252 g/mol. The fourth-order valence-electron chi connectivity index (χ4n) is 2.99. The molecule has 0 aromatic heterocycles. The van der Waals surface area contributed by atoms with E-state index in [1.807, 2.05) is 13.8 Å². The van der Waals surface area contributed by atoms with Gasteiger partial charge in [-0.3, -0.25) is 0 Å². The Labute approximate surface area is 135 Å². The van der Waals surface area contributed by atoms with Crippen molar-refractivity contribution in [3.8, 4) is 0 Å². The highest BCUT2D eigenvalue weighted by atomic mass is 14.3. The van der Waals surface area contributed by atoms with Gasteiger partial charge in [0, 0.05) is 0 Å². The van der Waals surface area contributed by atoms with E-state index in [-0.39, 0.29) is 12.8 Å². The highest BCUT2D eigenvalue weighted by Crippen LogP contribution is 2.37. The molecular formula is C21H40. The van der Waals surface area contributed by atoms with Crippen molar-refractivity contribution in [2.45, 2.75) is 81.6 Å². The summed E-state index contributed by atoms with van der Waals surface area (Å²) in [6.45, 7) is 26.1.